The number of carbonyl (C=O) groups excluding carboxylic acids is 1. The van der Waals surface area contributed by atoms with Crippen molar-refractivity contribution in [3.8, 4) is 11.5 Å². The van der Waals surface area contributed by atoms with Crippen LogP contribution >= 0.6 is 15.9 Å². The fourth-order valence-corrected chi connectivity index (χ4v) is 2.53. The maximum absolute atomic E-state index is 12.3. The van der Waals surface area contributed by atoms with Crippen LogP contribution in [-0.4, -0.2) is 31.2 Å². The van der Waals surface area contributed by atoms with Crippen LogP contribution in [0.5, 0.6) is 11.5 Å². The number of carboxylic acid groups (broad SMARTS) is 1. The number of hydrogen-bond acceptors (Lipinski definition) is 5. The quantitative estimate of drug-likeness (QED) is 0.744. The molecule has 1 aromatic carbocycles. The number of halogens is 1. The number of aliphatic carboxylic acids is 1. The summed E-state index contributed by atoms with van der Waals surface area (Å²) < 4.78 is 15.9. The van der Waals surface area contributed by atoms with Gasteiger partial charge in [-0.1, -0.05) is 0 Å². The van der Waals surface area contributed by atoms with Gasteiger partial charge in [-0.3, -0.25) is 9.59 Å². The van der Waals surface area contributed by atoms with Gasteiger partial charge in [-0.2, -0.15) is 0 Å². The summed E-state index contributed by atoms with van der Waals surface area (Å²) in [6.45, 7) is 0. The first-order valence-electron chi connectivity index (χ1n) is 6.93. The standard InChI is InChI=1S/C16H16BrNO6/c1-22-10-3-4-11(13(6-10)23-2)12(7-15(19)20)18-16(21)9-5-14(17)24-8-9/h3-6,8,12H,7H2,1-2H3,(H,18,21)(H,19,20). The molecule has 24 heavy (non-hydrogen) atoms. The molecule has 0 radical (unpaired) electrons. The Morgan fingerprint density at radius 1 is 1.29 bits per heavy atom. The smallest absolute Gasteiger partial charge is 0.305 e. The molecule has 128 valence electrons. The topological polar surface area (TPSA) is 98.0 Å². The number of methoxy groups -OCH3 is 2. The molecule has 2 aromatic rings. The SMILES string of the molecule is COc1ccc(C(CC(=O)O)NC(=O)c2coc(Br)c2)c(OC)c1. The van der Waals surface area contributed by atoms with Gasteiger partial charge in [0.15, 0.2) is 4.67 Å². The highest BCUT2D eigenvalue weighted by atomic mass is 79.9. The zero-order chi connectivity index (χ0) is 17.7. The highest BCUT2D eigenvalue weighted by Crippen LogP contribution is 2.31. The van der Waals surface area contributed by atoms with Crippen molar-refractivity contribution in [3.63, 3.8) is 0 Å². The Balaban J connectivity index is 2.31. The van der Waals surface area contributed by atoms with Gasteiger partial charge in [0.2, 0.25) is 0 Å². The normalized spacial score (nSPS) is 11.6. The van der Waals surface area contributed by atoms with Crippen molar-refractivity contribution in [1.29, 1.82) is 0 Å². The predicted octanol–water partition coefficient (Wildman–Crippen LogP) is 3.01. The second-order valence-electron chi connectivity index (χ2n) is 4.87. The molecule has 8 heteroatoms. The number of nitrogens with one attached hydrogen (secondary N) is 1. The summed E-state index contributed by atoms with van der Waals surface area (Å²) in [5.41, 5.74) is 0.821. The van der Waals surface area contributed by atoms with Crippen LogP contribution < -0.4 is 14.8 Å². The molecule has 1 atom stereocenters. The van der Waals surface area contributed by atoms with Crippen LogP contribution in [0.2, 0.25) is 0 Å². The van der Waals surface area contributed by atoms with Gasteiger partial charge in [0.25, 0.3) is 5.91 Å². The van der Waals surface area contributed by atoms with Gasteiger partial charge < -0.3 is 24.3 Å². The summed E-state index contributed by atoms with van der Waals surface area (Å²) in [6, 6.07) is 5.69. The van der Waals surface area contributed by atoms with Gasteiger partial charge in [0, 0.05) is 17.7 Å². The van der Waals surface area contributed by atoms with E-state index in [1.165, 1.54) is 26.5 Å². The molecule has 1 amide bonds. The molecule has 0 saturated heterocycles. The molecule has 0 bridgehead atoms. The van der Waals surface area contributed by atoms with E-state index in [9.17, 15) is 9.59 Å². The monoisotopic (exact) mass is 397 g/mol. The zero-order valence-corrected chi connectivity index (χ0v) is 14.6. The Bertz CT molecular complexity index is 742. The van der Waals surface area contributed by atoms with E-state index in [2.05, 4.69) is 21.2 Å². The third-order valence-electron chi connectivity index (χ3n) is 3.33. The fraction of sp³-hybridized carbons (Fsp3) is 0.250. The molecule has 0 spiro atoms. The maximum atomic E-state index is 12.3. The highest BCUT2D eigenvalue weighted by molar-refractivity contribution is 9.10. The molecule has 0 aliphatic carbocycles. The summed E-state index contributed by atoms with van der Waals surface area (Å²) in [5, 5.41) is 11.8. The molecule has 0 aliphatic rings. The van der Waals surface area contributed by atoms with Gasteiger partial charge in [-0.25, -0.2) is 0 Å². The van der Waals surface area contributed by atoms with Crippen LogP contribution in [0.3, 0.4) is 0 Å². The Labute approximate surface area is 146 Å². The first kappa shape index (κ1) is 17.9. The molecule has 1 aromatic heterocycles. The summed E-state index contributed by atoms with van der Waals surface area (Å²) in [4.78, 5) is 23.5. The van der Waals surface area contributed by atoms with E-state index < -0.39 is 17.9 Å². The minimum atomic E-state index is -1.05. The van der Waals surface area contributed by atoms with Crippen LogP contribution in [0.1, 0.15) is 28.4 Å². The maximum Gasteiger partial charge on any atom is 0.305 e. The van der Waals surface area contributed by atoms with Gasteiger partial charge in [0.1, 0.15) is 17.8 Å². The molecule has 2 rings (SSSR count). The minimum Gasteiger partial charge on any atom is -0.497 e. The third-order valence-corrected chi connectivity index (χ3v) is 3.75. The first-order valence-corrected chi connectivity index (χ1v) is 7.72. The molecule has 1 unspecified atom stereocenters. The number of furan rings is 1. The van der Waals surface area contributed by atoms with Crippen LogP contribution in [0.15, 0.2) is 39.6 Å². The van der Waals surface area contributed by atoms with Crippen molar-refractivity contribution in [2.45, 2.75) is 12.5 Å². The minimum absolute atomic E-state index is 0.282. The molecular formula is C16H16BrNO6. The van der Waals surface area contributed by atoms with Crippen LogP contribution in [0, 0.1) is 0 Å². The number of hydrogen-bond donors (Lipinski definition) is 2. The van der Waals surface area contributed by atoms with E-state index in [4.69, 9.17) is 19.0 Å². The van der Waals surface area contributed by atoms with Gasteiger partial charge in [-0.05, 0) is 28.1 Å². The van der Waals surface area contributed by atoms with Crippen molar-refractivity contribution in [1.82, 2.24) is 5.32 Å². The Hall–Kier alpha value is -2.48. The molecule has 2 N–H and O–H groups in total. The van der Waals surface area contributed by atoms with Gasteiger partial charge >= 0.3 is 5.97 Å². The Kier molecular flexibility index (Phi) is 5.86. The number of ether oxygens (including phenoxy) is 2. The number of carboxylic acids is 1. The third kappa shape index (κ3) is 4.29. The van der Waals surface area contributed by atoms with Gasteiger partial charge in [-0.15, -0.1) is 0 Å². The lowest BCUT2D eigenvalue weighted by Crippen LogP contribution is -2.30. The summed E-state index contributed by atoms with van der Waals surface area (Å²) in [7, 11) is 2.98. The lowest BCUT2D eigenvalue weighted by Gasteiger charge is -2.20. The van der Waals surface area contributed by atoms with E-state index in [0.717, 1.165) is 0 Å². The second-order valence-corrected chi connectivity index (χ2v) is 5.65. The average molecular weight is 398 g/mol. The fourth-order valence-electron chi connectivity index (χ4n) is 2.19. The summed E-state index contributed by atoms with van der Waals surface area (Å²) in [6.07, 6.45) is 0.982. The highest BCUT2D eigenvalue weighted by Gasteiger charge is 2.23. The molecule has 1 heterocycles. The molecule has 0 aliphatic heterocycles. The number of benzene rings is 1. The van der Waals surface area contributed by atoms with E-state index in [1.807, 2.05) is 0 Å². The van der Waals surface area contributed by atoms with Crippen molar-refractivity contribution in [2.24, 2.45) is 0 Å². The predicted molar refractivity (Wildman–Crippen MR) is 88.4 cm³/mol. The molecule has 0 fully saturated rings. The average Bonchev–Trinajstić information content (AvgIpc) is 2.99. The lowest BCUT2D eigenvalue weighted by atomic mass is 10.0. The molecule has 7 nitrogen and oxygen atoms in total. The van der Waals surface area contributed by atoms with Gasteiger partial charge in [0.05, 0.1) is 32.2 Å². The Morgan fingerprint density at radius 2 is 2.04 bits per heavy atom. The molecule has 0 saturated carbocycles. The largest absolute Gasteiger partial charge is 0.497 e. The zero-order valence-electron chi connectivity index (χ0n) is 13.0. The first-order chi connectivity index (χ1) is 11.4. The van der Waals surface area contributed by atoms with Crippen LogP contribution in [0.25, 0.3) is 0 Å². The van der Waals surface area contributed by atoms with E-state index >= 15 is 0 Å². The lowest BCUT2D eigenvalue weighted by molar-refractivity contribution is -0.137. The van der Waals surface area contributed by atoms with E-state index in [-0.39, 0.29) is 12.0 Å². The van der Waals surface area contributed by atoms with Crippen LogP contribution in [-0.2, 0) is 4.79 Å². The summed E-state index contributed by atoms with van der Waals surface area (Å²) >= 11 is 3.12. The van der Waals surface area contributed by atoms with Crippen molar-refractivity contribution < 1.29 is 28.6 Å². The van der Waals surface area contributed by atoms with Crippen molar-refractivity contribution in [2.75, 3.05) is 14.2 Å². The van der Waals surface area contributed by atoms with Crippen molar-refractivity contribution in [3.05, 3.63) is 46.3 Å². The Morgan fingerprint density at radius 3 is 2.58 bits per heavy atom. The number of carbonyl (C=O) groups is 2. The summed E-state index contributed by atoms with van der Waals surface area (Å²) in [5.74, 6) is -0.510. The number of amides is 1. The van der Waals surface area contributed by atoms with E-state index in [1.54, 1.807) is 18.2 Å². The second kappa shape index (κ2) is 7.87. The van der Waals surface area contributed by atoms with Crippen LogP contribution in [0.4, 0.5) is 0 Å². The van der Waals surface area contributed by atoms with Crippen molar-refractivity contribution >= 4 is 27.8 Å². The van der Waals surface area contributed by atoms with E-state index in [0.29, 0.717) is 21.7 Å². The number of rotatable bonds is 7. The molecular weight excluding hydrogens is 382 g/mol.